The quantitative estimate of drug-likeness (QED) is 0.478. The summed E-state index contributed by atoms with van der Waals surface area (Å²) in [5.74, 6) is 1.87. The van der Waals surface area contributed by atoms with E-state index in [0.29, 0.717) is 17.7 Å². The van der Waals surface area contributed by atoms with E-state index in [9.17, 15) is 4.79 Å². The molecule has 3 aliphatic heterocycles. The molecule has 4 aliphatic rings. The van der Waals surface area contributed by atoms with Crippen molar-refractivity contribution in [2.45, 2.75) is 18.9 Å². The number of Topliss-reactive ketones (excluding diaryl/α,β-unsaturated/α-hetero) is 1. The van der Waals surface area contributed by atoms with Crippen LogP contribution < -0.4 is 0 Å². The van der Waals surface area contributed by atoms with Gasteiger partial charge in [-0.2, -0.15) is 0 Å². The molecule has 0 aromatic heterocycles. The third-order valence-corrected chi connectivity index (χ3v) is 3.29. The number of hydrogen-bond donors (Lipinski definition) is 0. The highest BCUT2D eigenvalue weighted by molar-refractivity contribution is 5.90. The van der Waals surface area contributed by atoms with Crippen LogP contribution in [-0.4, -0.2) is 29.8 Å². The van der Waals surface area contributed by atoms with Gasteiger partial charge in [-0.15, -0.1) is 0 Å². The fourth-order valence-electron chi connectivity index (χ4n) is 2.91. The number of hydrogen-bond acceptors (Lipinski definition) is 2. The summed E-state index contributed by atoms with van der Waals surface area (Å²) in [5, 5.41) is 0. The molecule has 10 heavy (non-hydrogen) atoms. The molecule has 0 aromatic rings. The van der Waals surface area contributed by atoms with Crippen LogP contribution in [0.25, 0.3) is 0 Å². The summed E-state index contributed by atoms with van der Waals surface area (Å²) < 4.78 is 0. The largest absolute Gasteiger partial charge is 0.298 e. The second kappa shape index (κ2) is 1.45. The molecule has 3 heterocycles. The van der Waals surface area contributed by atoms with E-state index in [1.54, 1.807) is 0 Å². The molecule has 1 aliphatic carbocycles. The Labute approximate surface area is 60.2 Å². The monoisotopic (exact) mass is 137 g/mol. The van der Waals surface area contributed by atoms with E-state index in [0.717, 1.165) is 12.5 Å². The second-order valence-electron chi connectivity index (χ2n) is 3.91. The summed E-state index contributed by atoms with van der Waals surface area (Å²) >= 11 is 0. The van der Waals surface area contributed by atoms with Gasteiger partial charge in [0.25, 0.3) is 0 Å². The molecule has 0 amide bonds. The first kappa shape index (κ1) is 5.30. The van der Waals surface area contributed by atoms with Crippen LogP contribution >= 0.6 is 0 Å². The van der Waals surface area contributed by atoms with E-state index in [1.165, 1.54) is 19.4 Å². The van der Waals surface area contributed by atoms with E-state index in [4.69, 9.17) is 0 Å². The Hall–Kier alpha value is -0.370. The Morgan fingerprint density at radius 1 is 1.30 bits per heavy atom. The maximum absolute atomic E-state index is 11.4. The predicted molar refractivity (Wildman–Crippen MR) is 36.6 cm³/mol. The molecule has 4 atom stereocenters. The van der Waals surface area contributed by atoms with E-state index in [1.807, 2.05) is 0 Å². The maximum atomic E-state index is 11.4. The lowest BCUT2D eigenvalue weighted by molar-refractivity contribution is -0.123. The minimum atomic E-state index is 0.365. The lowest BCUT2D eigenvalue weighted by Gasteiger charge is -2.22. The van der Waals surface area contributed by atoms with Gasteiger partial charge in [-0.05, 0) is 18.8 Å². The highest BCUT2D eigenvalue weighted by atomic mass is 16.1. The van der Waals surface area contributed by atoms with Gasteiger partial charge < -0.3 is 0 Å². The summed E-state index contributed by atoms with van der Waals surface area (Å²) in [5.41, 5.74) is 0. The van der Waals surface area contributed by atoms with Crippen LogP contribution in [0.5, 0.6) is 0 Å². The van der Waals surface area contributed by atoms with Crippen molar-refractivity contribution >= 4 is 5.78 Å². The first-order valence-corrected chi connectivity index (χ1v) is 4.12. The van der Waals surface area contributed by atoms with Crippen molar-refractivity contribution in [2.24, 2.45) is 11.8 Å². The summed E-state index contributed by atoms with van der Waals surface area (Å²) in [7, 11) is 0. The molecule has 3 unspecified atom stereocenters. The van der Waals surface area contributed by atoms with Crippen LogP contribution in [0.1, 0.15) is 12.8 Å². The SMILES string of the molecule is O=C1C2CC3C[C@H]1CN2C3. The molecule has 0 radical (unpaired) electrons. The van der Waals surface area contributed by atoms with Crippen molar-refractivity contribution in [2.75, 3.05) is 13.1 Å². The van der Waals surface area contributed by atoms with Crippen LogP contribution in [0, 0.1) is 11.8 Å². The molecule has 2 heteroatoms. The van der Waals surface area contributed by atoms with Crippen LogP contribution in [0.4, 0.5) is 0 Å². The van der Waals surface area contributed by atoms with Crippen LogP contribution in [0.2, 0.25) is 0 Å². The average Bonchev–Trinajstić information content (AvgIpc) is 2.31. The molecule has 54 valence electrons. The Kier molecular flexibility index (Phi) is 0.768. The van der Waals surface area contributed by atoms with Crippen molar-refractivity contribution in [1.82, 2.24) is 4.90 Å². The van der Waals surface area contributed by atoms with Gasteiger partial charge in [-0.25, -0.2) is 0 Å². The molecule has 4 fully saturated rings. The van der Waals surface area contributed by atoms with Crippen LogP contribution in [-0.2, 0) is 4.79 Å². The van der Waals surface area contributed by atoms with Crippen molar-refractivity contribution < 1.29 is 4.79 Å². The third-order valence-electron chi connectivity index (χ3n) is 3.29. The van der Waals surface area contributed by atoms with Gasteiger partial charge in [0.15, 0.2) is 5.78 Å². The van der Waals surface area contributed by atoms with Crippen molar-refractivity contribution in [3.63, 3.8) is 0 Å². The molecule has 1 saturated carbocycles. The van der Waals surface area contributed by atoms with Crippen molar-refractivity contribution in [3.05, 3.63) is 0 Å². The fraction of sp³-hybridized carbons (Fsp3) is 0.875. The molecule has 4 rings (SSSR count). The molecule has 0 aromatic carbocycles. The van der Waals surface area contributed by atoms with Gasteiger partial charge in [-0.1, -0.05) is 0 Å². The van der Waals surface area contributed by atoms with Crippen molar-refractivity contribution in [3.8, 4) is 0 Å². The number of ketones is 1. The standard InChI is InChI=1S/C8H11NO/c10-8-6-1-5-2-7(8)9(3-5)4-6/h5-7H,1-4H2/t5?,6-,7?/m0/s1. The number of carbonyl (C=O) groups excluding carboxylic acids is 1. The number of rotatable bonds is 0. The number of piperidine rings is 1. The zero-order valence-electron chi connectivity index (χ0n) is 5.92. The first-order valence-electron chi connectivity index (χ1n) is 4.12. The average molecular weight is 137 g/mol. The van der Waals surface area contributed by atoms with Crippen molar-refractivity contribution in [1.29, 1.82) is 0 Å². The number of carbonyl (C=O) groups is 1. The Morgan fingerprint density at radius 2 is 2.20 bits per heavy atom. The minimum Gasteiger partial charge on any atom is -0.298 e. The lowest BCUT2D eigenvalue weighted by Crippen LogP contribution is -2.27. The third kappa shape index (κ3) is 0.439. The van der Waals surface area contributed by atoms with E-state index < -0.39 is 0 Å². The van der Waals surface area contributed by atoms with E-state index >= 15 is 0 Å². The van der Waals surface area contributed by atoms with Gasteiger partial charge in [0.1, 0.15) is 0 Å². The summed E-state index contributed by atoms with van der Waals surface area (Å²) in [6, 6.07) is 0.365. The summed E-state index contributed by atoms with van der Waals surface area (Å²) in [6.07, 6.45) is 2.38. The molecule has 4 bridgehead atoms. The molecule has 0 spiro atoms. The van der Waals surface area contributed by atoms with Gasteiger partial charge >= 0.3 is 0 Å². The van der Waals surface area contributed by atoms with Crippen LogP contribution in [0.3, 0.4) is 0 Å². The van der Waals surface area contributed by atoms with E-state index in [-0.39, 0.29) is 0 Å². The Morgan fingerprint density at radius 3 is 2.90 bits per heavy atom. The normalized spacial score (nSPS) is 56.6. The summed E-state index contributed by atoms with van der Waals surface area (Å²) in [4.78, 5) is 13.8. The van der Waals surface area contributed by atoms with Gasteiger partial charge in [0, 0.05) is 19.0 Å². The lowest BCUT2D eigenvalue weighted by atomic mass is 9.82. The molecule has 3 saturated heterocycles. The molecular weight excluding hydrogens is 126 g/mol. The number of nitrogens with zero attached hydrogens (tertiary/aromatic N) is 1. The smallest absolute Gasteiger partial charge is 0.154 e. The first-order chi connectivity index (χ1) is 4.84. The van der Waals surface area contributed by atoms with Gasteiger partial charge in [0.2, 0.25) is 0 Å². The van der Waals surface area contributed by atoms with E-state index in [2.05, 4.69) is 4.90 Å². The van der Waals surface area contributed by atoms with Gasteiger partial charge in [0.05, 0.1) is 6.04 Å². The predicted octanol–water partition coefficient (Wildman–Crippen LogP) is 0.280. The fourth-order valence-corrected chi connectivity index (χ4v) is 2.91. The van der Waals surface area contributed by atoms with Gasteiger partial charge in [-0.3, -0.25) is 9.69 Å². The highest BCUT2D eigenvalue weighted by Gasteiger charge is 2.51. The maximum Gasteiger partial charge on any atom is 0.154 e. The van der Waals surface area contributed by atoms with Crippen LogP contribution in [0.15, 0.2) is 0 Å². The molecule has 2 nitrogen and oxygen atoms in total. The Bertz CT molecular complexity index is 197. The zero-order chi connectivity index (χ0) is 6.72. The zero-order valence-corrected chi connectivity index (χ0v) is 5.92. The highest BCUT2D eigenvalue weighted by Crippen LogP contribution is 2.42. The Balaban J connectivity index is 2.06. The molecular formula is C8H11NO. The topological polar surface area (TPSA) is 20.3 Å². The minimum absolute atomic E-state index is 0.365. The summed E-state index contributed by atoms with van der Waals surface area (Å²) in [6.45, 7) is 2.30. The molecule has 0 N–H and O–H groups in total. The second-order valence-corrected chi connectivity index (χ2v) is 3.91.